The topological polar surface area (TPSA) is 13.1 Å². The Balaban J connectivity index is 2.91. The van der Waals surface area contributed by atoms with Crippen molar-refractivity contribution >= 4 is 11.9 Å². The molecular weight excluding hydrogens is 131 g/mol. The summed E-state index contributed by atoms with van der Waals surface area (Å²) in [7, 11) is 0. The van der Waals surface area contributed by atoms with Gasteiger partial charge in [-0.05, 0) is 18.6 Å². The van der Waals surface area contributed by atoms with Gasteiger partial charge in [0.15, 0.2) is 0 Å². The first kappa shape index (κ1) is 5.71. The molecule has 0 saturated carbocycles. The Bertz CT molecular complexity index is 348. The molecule has 0 aromatic carbocycles. The van der Waals surface area contributed by atoms with Crippen LogP contribution >= 0.6 is 0 Å². The van der Waals surface area contributed by atoms with Gasteiger partial charge < -0.3 is 4.42 Å². The van der Waals surface area contributed by atoms with Gasteiger partial charge >= 0.3 is 0 Å². The summed E-state index contributed by atoms with van der Waals surface area (Å²) in [5.41, 5.74) is 0.684. The summed E-state index contributed by atoms with van der Waals surface area (Å²) in [6.45, 7) is 0. The second-order valence-corrected chi connectivity index (χ2v) is 2.35. The SMILES string of the molecule is FC1=c2ccoc2=CCC1. The Kier molecular flexibility index (Phi) is 1.13. The molecule has 10 heavy (non-hydrogen) atoms. The van der Waals surface area contributed by atoms with Gasteiger partial charge in [0, 0.05) is 6.42 Å². The van der Waals surface area contributed by atoms with Crippen molar-refractivity contribution in [3.8, 4) is 0 Å². The summed E-state index contributed by atoms with van der Waals surface area (Å²) in [5.74, 6) is -0.0498. The molecule has 1 aliphatic carbocycles. The van der Waals surface area contributed by atoms with Crippen molar-refractivity contribution in [2.24, 2.45) is 0 Å². The zero-order chi connectivity index (χ0) is 6.97. The number of halogens is 1. The standard InChI is InChI=1S/C8H7FO/c9-7-2-1-3-8-6(7)4-5-10-8/h3-5H,1-2H2. The van der Waals surface area contributed by atoms with Crippen molar-refractivity contribution in [2.45, 2.75) is 12.8 Å². The van der Waals surface area contributed by atoms with E-state index < -0.39 is 0 Å². The molecule has 0 fully saturated rings. The number of fused-ring (bicyclic) bond motifs is 1. The summed E-state index contributed by atoms with van der Waals surface area (Å²) in [6.07, 6.45) is 4.71. The summed E-state index contributed by atoms with van der Waals surface area (Å²) in [5, 5.41) is 0.631. The average molecular weight is 138 g/mol. The maximum atomic E-state index is 12.8. The molecule has 1 aromatic heterocycles. The average Bonchev–Trinajstić information content (AvgIpc) is 2.36. The minimum atomic E-state index is -0.0498. The maximum absolute atomic E-state index is 12.8. The van der Waals surface area contributed by atoms with E-state index in [1.54, 1.807) is 6.07 Å². The van der Waals surface area contributed by atoms with Crippen molar-refractivity contribution in [1.82, 2.24) is 0 Å². The lowest BCUT2D eigenvalue weighted by molar-refractivity contribution is 0.524. The molecule has 2 rings (SSSR count). The van der Waals surface area contributed by atoms with Gasteiger partial charge in [0.05, 0.1) is 11.5 Å². The molecule has 0 N–H and O–H groups in total. The first-order chi connectivity index (χ1) is 4.88. The van der Waals surface area contributed by atoms with Crippen LogP contribution in [-0.4, -0.2) is 0 Å². The lowest BCUT2D eigenvalue weighted by atomic mass is 10.1. The smallest absolute Gasteiger partial charge is 0.132 e. The Morgan fingerprint density at radius 1 is 1.50 bits per heavy atom. The fraction of sp³-hybridized carbons (Fsp3) is 0.250. The lowest BCUT2D eigenvalue weighted by Crippen LogP contribution is -2.23. The van der Waals surface area contributed by atoms with Crippen molar-refractivity contribution in [1.29, 1.82) is 0 Å². The zero-order valence-electron chi connectivity index (χ0n) is 5.43. The summed E-state index contributed by atoms with van der Waals surface area (Å²) < 4.78 is 17.9. The third kappa shape index (κ3) is 0.685. The first-order valence-electron chi connectivity index (χ1n) is 3.30. The molecule has 1 aromatic rings. The third-order valence-electron chi connectivity index (χ3n) is 1.68. The van der Waals surface area contributed by atoms with Crippen molar-refractivity contribution < 1.29 is 8.81 Å². The molecule has 0 saturated heterocycles. The molecular formula is C8H7FO. The highest BCUT2D eigenvalue weighted by atomic mass is 19.1. The molecule has 0 bridgehead atoms. The molecule has 0 aliphatic heterocycles. The van der Waals surface area contributed by atoms with E-state index in [2.05, 4.69) is 0 Å². The molecule has 0 atom stereocenters. The van der Waals surface area contributed by atoms with Gasteiger partial charge in [-0.25, -0.2) is 4.39 Å². The van der Waals surface area contributed by atoms with Crippen LogP contribution in [0.2, 0.25) is 0 Å². The number of hydrogen-bond acceptors (Lipinski definition) is 1. The van der Waals surface area contributed by atoms with E-state index in [9.17, 15) is 4.39 Å². The van der Waals surface area contributed by atoms with Crippen LogP contribution in [0.1, 0.15) is 12.8 Å². The lowest BCUT2D eigenvalue weighted by Gasteiger charge is -1.95. The van der Waals surface area contributed by atoms with Gasteiger partial charge in [-0.3, -0.25) is 0 Å². The highest BCUT2D eigenvalue weighted by Gasteiger charge is 2.03. The minimum absolute atomic E-state index is 0.0498. The van der Waals surface area contributed by atoms with E-state index in [1.165, 1.54) is 6.26 Å². The van der Waals surface area contributed by atoms with Crippen LogP contribution in [0.5, 0.6) is 0 Å². The Hall–Kier alpha value is -1.05. The highest BCUT2D eigenvalue weighted by Crippen LogP contribution is 2.07. The fourth-order valence-electron chi connectivity index (χ4n) is 1.17. The van der Waals surface area contributed by atoms with Crippen LogP contribution in [0.3, 0.4) is 0 Å². The first-order valence-corrected chi connectivity index (χ1v) is 3.30. The van der Waals surface area contributed by atoms with E-state index in [0.717, 1.165) is 6.42 Å². The molecule has 52 valence electrons. The van der Waals surface area contributed by atoms with Gasteiger partial charge in [0.2, 0.25) is 0 Å². The fourth-order valence-corrected chi connectivity index (χ4v) is 1.17. The van der Waals surface area contributed by atoms with E-state index in [1.807, 2.05) is 6.08 Å². The van der Waals surface area contributed by atoms with Gasteiger partial charge in [-0.15, -0.1) is 0 Å². The Morgan fingerprint density at radius 3 is 3.20 bits per heavy atom. The Labute approximate surface area is 57.5 Å². The molecule has 0 radical (unpaired) electrons. The van der Waals surface area contributed by atoms with Crippen LogP contribution in [0.15, 0.2) is 16.7 Å². The predicted molar refractivity (Wildman–Crippen MR) is 36.2 cm³/mol. The third-order valence-corrected chi connectivity index (χ3v) is 1.68. The maximum Gasteiger partial charge on any atom is 0.132 e. The second-order valence-electron chi connectivity index (χ2n) is 2.35. The van der Waals surface area contributed by atoms with E-state index in [0.29, 0.717) is 17.1 Å². The van der Waals surface area contributed by atoms with Gasteiger partial charge in [0.1, 0.15) is 11.2 Å². The molecule has 0 unspecified atom stereocenters. The number of furan rings is 1. The molecule has 1 nitrogen and oxygen atoms in total. The van der Waals surface area contributed by atoms with Crippen molar-refractivity contribution in [3.05, 3.63) is 23.0 Å². The second kappa shape index (κ2) is 1.97. The van der Waals surface area contributed by atoms with Crippen LogP contribution in [0.25, 0.3) is 11.9 Å². The normalized spacial score (nSPS) is 16.3. The molecule has 1 heterocycles. The van der Waals surface area contributed by atoms with E-state index in [-0.39, 0.29) is 5.83 Å². The number of hydrogen-bond donors (Lipinski definition) is 0. The summed E-state index contributed by atoms with van der Waals surface area (Å²) in [6, 6.07) is 1.67. The Morgan fingerprint density at radius 2 is 2.40 bits per heavy atom. The summed E-state index contributed by atoms with van der Waals surface area (Å²) in [4.78, 5) is 0. The predicted octanol–water partition coefficient (Wildman–Crippen LogP) is 0.932. The monoisotopic (exact) mass is 138 g/mol. The van der Waals surface area contributed by atoms with Crippen LogP contribution < -0.4 is 10.6 Å². The largest absolute Gasteiger partial charge is 0.465 e. The van der Waals surface area contributed by atoms with Gasteiger partial charge in [-0.2, -0.15) is 0 Å². The zero-order valence-corrected chi connectivity index (χ0v) is 5.43. The van der Waals surface area contributed by atoms with Crippen molar-refractivity contribution in [2.75, 3.05) is 0 Å². The van der Waals surface area contributed by atoms with Crippen LogP contribution in [0, 0.1) is 0 Å². The molecule has 2 heteroatoms. The highest BCUT2D eigenvalue weighted by molar-refractivity contribution is 5.42. The van der Waals surface area contributed by atoms with Gasteiger partial charge in [-0.1, -0.05) is 0 Å². The summed E-state index contributed by atoms with van der Waals surface area (Å²) >= 11 is 0. The minimum Gasteiger partial charge on any atom is -0.465 e. The van der Waals surface area contributed by atoms with Gasteiger partial charge in [0.25, 0.3) is 0 Å². The van der Waals surface area contributed by atoms with Crippen molar-refractivity contribution in [3.63, 3.8) is 0 Å². The van der Waals surface area contributed by atoms with E-state index >= 15 is 0 Å². The van der Waals surface area contributed by atoms with Crippen LogP contribution in [-0.2, 0) is 0 Å². The molecule has 0 amide bonds. The molecule has 0 spiro atoms. The quantitative estimate of drug-likeness (QED) is 0.519. The molecule has 1 aliphatic rings. The van der Waals surface area contributed by atoms with E-state index in [4.69, 9.17) is 4.42 Å². The van der Waals surface area contributed by atoms with Crippen LogP contribution in [0.4, 0.5) is 4.39 Å². The number of rotatable bonds is 0.